The summed E-state index contributed by atoms with van der Waals surface area (Å²) in [5.74, 6) is 0.663. The molecule has 6 heteroatoms. The molecule has 0 aliphatic carbocycles. The van der Waals surface area contributed by atoms with Crippen molar-refractivity contribution in [2.45, 2.75) is 25.3 Å². The first kappa shape index (κ1) is 12.6. The molecule has 0 aromatic carbocycles. The molecule has 2 aromatic heterocycles. The molecule has 1 aliphatic rings. The molecule has 0 spiro atoms. The van der Waals surface area contributed by atoms with Crippen LogP contribution in [0.5, 0.6) is 0 Å². The van der Waals surface area contributed by atoms with E-state index in [2.05, 4.69) is 21.2 Å². The molecule has 0 unspecified atom stereocenters. The van der Waals surface area contributed by atoms with Crippen LogP contribution < -0.4 is 5.73 Å². The molecule has 3 heterocycles. The minimum atomic E-state index is 0.663. The summed E-state index contributed by atoms with van der Waals surface area (Å²) in [6.07, 6.45) is 8.46. The number of thiazole rings is 1. The van der Waals surface area contributed by atoms with Gasteiger partial charge in [0.1, 0.15) is 0 Å². The predicted octanol–water partition coefficient (Wildman–Crippen LogP) is 1.84. The van der Waals surface area contributed by atoms with Gasteiger partial charge in [-0.05, 0) is 37.4 Å². The summed E-state index contributed by atoms with van der Waals surface area (Å²) in [5, 5.41) is 4.93. The topological polar surface area (TPSA) is 60.0 Å². The number of piperidine rings is 1. The number of aryl methyl sites for hydroxylation is 1. The number of hydrogen-bond acceptors (Lipinski definition) is 5. The van der Waals surface area contributed by atoms with Crippen LogP contribution in [0, 0.1) is 0 Å². The smallest absolute Gasteiger partial charge is 0.180 e. The van der Waals surface area contributed by atoms with Gasteiger partial charge in [0.05, 0.1) is 6.20 Å². The number of nitrogens with zero attached hydrogens (tertiary/aromatic N) is 4. The highest BCUT2D eigenvalue weighted by atomic mass is 32.1. The number of aromatic nitrogens is 3. The van der Waals surface area contributed by atoms with E-state index in [-0.39, 0.29) is 0 Å². The molecule has 1 saturated heterocycles. The first-order valence-electron chi connectivity index (χ1n) is 6.62. The molecule has 0 saturated carbocycles. The van der Waals surface area contributed by atoms with Gasteiger partial charge in [-0.15, -0.1) is 11.3 Å². The Labute approximate surface area is 117 Å². The monoisotopic (exact) mass is 277 g/mol. The molecular formula is C13H19N5S. The van der Waals surface area contributed by atoms with Crippen molar-refractivity contribution in [1.82, 2.24) is 19.7 Å². The second-order valence-corrected chi connectivity index (χ2v) is 6.31. The summed E-state index contributed by atoms with van der Waals surface area (Å²) in [6, 6.07) is 0. The van der Waals surface area contributed by atoms with Crippen molar-refractivity contribution in [2.24, 2.45) is 7.05 Å². The van der Waals surface area contributed by atoms with Crippen LogP contribution in [0.2, 0.25) is 0 Å². The lowest BCUT2D eigenvalue weighted by molar-refractivity contribution is 0.206. The van der Waals surface area contributed by atoms with E-state index in [9.17, 15) is 0 Å². The van der Waals surface area contributed by atoms with Crippen LogP contribution in [-0.4, -0.2) is 32.8 Å². The highest BCUT2D eigenvalue weighted by Crippen LogP contribution is 2.28. The van der Waals surface area contributed by atoms with E-state index in [0.29, 0.717) is 11.0 Å². The zero-order valence-corrected chi connectivity index (χ0v) is 11.9. The van der Waals surface area contributed by atoms with Crippen molar-refractivity contribution in [1.29, 1.82) is 0 Å². The minimum absolute atomic E-state index is 0.663. The van der Waals surface area contributed by atoms with Gasteiger partial charge in [0, 0.05) is 30.9 Å². The van der Waals surface area contributed by atoms with Crippen LogP contribution in [-0.2, 0) is 13.6 Å². The van der Waals surface area contributed by atoms with Crippen molar-refractivity contribution >= 4 is 16.5 Å². The van der Waals surface area contributed by atoms with E-state index >= 15 is 0 Å². The van der Waals surface area contributed by atoms with E-state index in [1.165, 1.54) is 23.3 Å². The number of rotatable bonds is 3. The Bertz CT molecular complexity index is 539. The molecule has 0 amide bonds. The number of nitrogen functional groups attached to an aromatic ring is 1. The standard InChI is InChI=1S/C13H19N5S/c1-17-8-11(6-16-17)10-2-4-18(5-3-10)9-12-7-15-13(14)19-12/h6-8,10H,2-5,9H2,1H3,(H2,14,15). The SMILES string of the molecule is Cn1cc(C2CCN(Cc3cnc(N)s3)CC2)cn1. The molecule has 1 fully saturated rings. The summed E-state index contributed by atoms with van der Waals surface area (Å²) in [5.41, 5.74) is 7.04. The van der Waals surface area contributed by atoms with Gasteiger partial charge in [-0.25, -0.2) is 4.98 Å². The fraction of sp³-hybridized carbons (Fsp3) is 0.538. The highest BCUT2D eigenvalue weighted by molar-refractivity contribution is 7.15. The second-order valence-electron chi connectivity index (χ2n) is 5.16. The third-order valence-electron chi connectivity index (χ3n) is 3.73. The number of hydrogen-bond donors (Lipinski definition) is 1. The lowest BCUT2D eigenvalue weighted by atomic mass is 9.91. The lowest BCUT2D eigenvalue weighted by Gasteiger charge is -2.31. The van der Waals surface area contributed by atoms with Gasteiger partial charge in [-0.3, -0.25) is 9.58 Å². The van der Waals surface area contributed by atoms with E-state index in [0.717, 1.165) is 19.6 Å². The van der Waals surface area contributed by atoms with Gasteiger partial charge in [0.2, 0.25) is 0 Å². The van der Waals surface area contributed by atoms with Gasteiger partial charge in [-0.1, -0.05) is 0 Å². The fourth-order valence-electron chi connectivity index (χ4n) is 2.69. The third-order valence-corrected chi connectivity index (χ3v) is 4.55. The Morgan fingerprint density at radius 3 is 2.74 bits per heavy atom. The molecule has 0 radical (unpaired) electrons. The second kappa shape index (κ2) is 5.30. The first-order chi connectivity index (χ1) is 9.20. The summed E-state index contributed by atoms with van der Waals surface area (Å²) in [4.78, 5) is 7.85. The maximum atomic E-state index is 5.66. The molecule has 0 bridgehead atoms. The van der Waals surface area contributed by atoms with Crippen LogP contribution in [0.15, 0.2) is 18.6 Å². The molecule has 2 N–H and O–H groups in total. The van der Waals surface area contributed by atoms with Gasteiger partial charge in [0.25, 0.3) is 0 Å². The number of anilines is 1. The Morgan fingerprint density at radius 1 is 1.37 bits per heavy atom. The highest BCUT2D eigenvalue weighted by Gasteiger charge is 2.21. The minimum Gasteiger partial charge on any atom is -0.375 e. The van der Waals surface area contributed by atoms with Crippen molar-refractivity contribution in [2.75, 3.05) is 18.8 Å². The Kier molecular flexibility index (Phi) is 3.52. The van der Waals surface area contributed by atoms with Crippen LogP contribution >= 0.6 is 11.3 Å². The van der Waals surface area contributed by atoms with Crippen molar-refractivity contribution < 1.29 is 0 Å². The zero-order valence-electron chi connectivity index (χ0n) is 11.1. The maximum Gasteiger partial charge on any atom is 0.180 e. The first-order valence-corrected chi connectivity index (χ1v) is 7.43. The van der Waals surface area contributed by atoms with E-state index in [1.54, 1.807) is 11.3 Å². The fourth-order valence-corrected chi connectivity index (χ4v) is 3.42. The maximum absolute atomic E-state index is 5.66. The van der Waals surface area contributed by atoms with Crippen molar-refractivity contribution in [3.05, 3.63) is 29.0 Å². The summed E-state index contributed by atoms with van der Waals surface area (Å²) < 4.78 is 1.89. The molecular weight excluding hydrogens is 258 g/mol. The predicted molar refractivity (Wildman–Crippen MR) is 77.0 cm³/mol. The van der Waals surface area contributed by atoms with E-state index in [1.807, 2.05) is 24.1 Å². The van der Waals surface area contributed by atoms with Crippen molar-refractivity contribution in [3.63, 3.8) is 0 Å². The summed E-state index contributed by atoms with van der Waals surface area (Å²) in [7, 11) is 1.98. The van der Waals surface area contributed by atoms with Crippen LogP contribution in [0.3, 0.4) is 0 Å². The van der Waals surface area contributed by atoms with Crippen LogP contribution in [0.4, 0.5) is 5.13 Å². The quantitative estimate of drug-likeness (QED) is 0.930. The molecule has 2 aromatic rings. The van der Waals surface area contributed by atoms with Gasteiger partial charge in [0.15, 0.2) is 5.13 Å². The van der Waals surface area contributed by atoms with E-state index in [4.69, 9.17) is 5.73 Å². The average molecular weight is 277 g/mol. The third kappa shape index (κ3) is 2.96. The number of likely N-dealkylation sites (tertiary alicyclic amines) is 1. The zero-order chi connectivity index (χ0) is 13.2. The molecule has 3 rings (SSSR count). The van der Waals surface area contributed by atoms with E-state index < -0.39 is 0 Å². The molecule has 19 heavy (non-hydrogen) atoms. The van der Waals surface area contributed by atoms with Gasteiger partial charge >= 0.3 is 0 Å². The summed E-state index contributed by atoms with van der Waals surface area (Å²) >= 11 is 1.59. The normalized spacial score (nSPS) is 17.9. The van der Waals surface area contributed by atoms with Crippen LogP contribution in [0.1, 0.15) is 29.2 Å². The van der Waals surface area contributed by atoms with Crippen LogP contribution in [0.25, 0.3) is 0 Å². The Morgan fingerprint density at radius 2 is 2.16 bits per heavy atom. The number of nitrogens with two attached hydrogens (primary N) is 1. The lowest BCUT2D eigenvalue weighted by Crippen LogP contribution is -2.32. The molecule has 1 aliphatic heterocycles. The Balaban J connectivity index is 1.54. The average Bonchev–Trinajstić information content (AvgIpc) is 3.00. The summed E-state index contributed by atoms with van der Waals surface area (Å²) in [6.45, 7) is 3.25. The van der Waals surface area contributed by atoms with Gasteiger partial charge in [-0.2, -0.15) is 5.10 Å². The van der Waals surface area contributed by atoms with Crippen molar-refractivity contribution in [3.8, 4) is 0 Å². The Hall–Kier alpha value is -1.40. The van der Waals surface area contributed by atoms with Gasteiger partial charge < -0.3 is 5.73 Å². The molecule has 102 valence electrons. The molecule has 0 atom stereocenters. The largest absolute Gasteiger partial charge is 0.375 e. The molecule has 5 nitrogen and oxygen atoms in total.